The fourth-order valence-electron chi connectivity index (χ4n) is 1.97. The molecule has 0 saturated carbocycles. The van der Waals surface area contributed by atoms with Crippen LogP contribution in [0.4, 0.5) is 0 Å². The molecule has 0 unspecified atom stereocenters. The zero-order valence-electron chi connectivity index (χ0n) is 11.5. The van der Waals surface area contributed by atoms with Gasteiger partial charge >= 0.3 is 0 Å². The molecule has 0 aromatic heterocycles. The van der Waals surface area contributed by atoms with Gasteiger partial charge in [0.1, 0.15) is 6.61 Å². The van der Waals surface area contributed by atoms with E-state index in [1.165, 1.54) is 0 Å². The number of benzene rings is 2. The third-order valence-corrected chi connectivity index (χ3v) is 3.05. The highest BCUT2D eigenvalue weighted by Crippen LogP contribution is 2.34. The molecule has 3 N–H and O–H groups in total. The molecule has 4 heteroatoms. The van der Waals surface area contributed by atoms with E-state index in [0.717, 1.165) is 11.1 Å². The quantitative estimate of drug-likeness (QED) is 0.847. The van der Waals surface area contributed by atoms with E-state index in [1.54, 1.807) is 7.11 Å². The maximum absolute atomic E-state index is 9.24. The minimum absolute atomic E-state index is 0.144. The molecule has 0 amide bonds. The molecular formula is C16H19NO3. The van der Waals surface area contributed by atoms with Gasteiger partial charge in [0.15, 0.2) is 11.5 Å². The lowest BCUT2D eigenvalue weighted by Gasteiger charge is -2.18. The molecule has 0 fully saturated rings. The van der Waals surface area contributed by atoms with Gasteiger partial charge < -0.3 is 20.3 Å². The molecule has 0 aliphatic rings. The third-order valence-electron chi connectivity index (χ3n) is 3.05. The molecule has 0 radical (unpaired) electrons. The Bertz CT molecular complexity index is 543. The van der Waals surface area contributed by atoms with Crippen LogP contribution in [0.2, 0.25) is 0 Å². The number of para-hydroxylation sites is 1. The summed E-state index contributed by atoms with van der Waals surface area (Å²) in [4.78, 5) is 0. The Kier molecular flexibility index (Phi) is 4.98. The lowest BCUT2D eigenvalue weighted by Crippen LogP contribution is -2.16. The Morgan fingerprint density at radius 1 is 1.10 bits per heavy atom. The Morgan fingerprint density at radius 2 is 1.85 bits per heavy atom. The number of ether oxygens (including phenoxy) is 2. The molecule has 0 spiro atoms. The van der Waals surface area contributed by atoms with Gasteiger partial charge in [-0.05, 0) is 11.6 Å². The Hall–Kier alpha value is -2.04. The molecule has 106 valence electrons. The Balaban J connectivity index is 2.24. The molecule has 0 heterocycles. The maximum Gasteiger partial charge on any atom is 0.166 e. The van der Waals surface area contributed by atoms with Crippen LogP contribution in [0.3, 0.4) is 0 Å². The first-order valence-corrected chi connectivity index (χ1v) is 6.46. The molecule has 2 aromatic rings. The molecule has 2 rings (SSSR count). The lowest BCUT2D eigenvalue weighted by molar-refractivity contribution is 0.252. The van der Waals surface area contributed by atoms with Crippen molar-refractivity contribution in [2.45, 2.75) is 12.6 Å². The van der Waals surface area contributed by atoms with Gasteiger partial charge in [-0.1, -0.05) is 42.5 Å². The van der Waals surface area contributed by atoms with Gasteiger partial charge in [0, 0.05) is 5.56 Å². The minimum Gasteiger partial charge on any atom is -0.493 e. The van der Waals surface area contributed by atoms with Crippen molar-refractivity contribution < 1.29 is 14.6 Å². The van der Waals surface area contributed by atoms with E-state index in [0.29, 0.717) is 18.1 Å². The van der Waals surface area contributed by atoms with E-state index in [4.69, 9.17) is 15.2 Å². The largest absolute Gasteiger partial charge is 0.493 e. The van der Waals surface area contributed by atoms with E-state index in [9.17, 15) is 5.11 Å². The molecule has 20 heavy (non-hydrogen) atoms. The summed E-state index contributed by atoms with van der Waals surface area (Å²) in [5, 5.41) is 9.24. The van der Waals surface area contributed by atoms with Crippen molar-refractivity contribution in [1.29, 1.82) is 0 Å². The third kappa shape index (κ3) is 3.29. The van der Waals surface area contributed by atoms with E-state index in [-0.39, 0.29) is 6.61 Å². The summed E-state index contributed by atoms with van der Waals surface area (Å²) in [6.45, 7) is 0.279. The second kappa shape index (κ2) is 6.93. The smallest absolute Gasteiger partial charge is 0.166 e. The van der Waals surface area contributed by atoms with Crippen molar-refractivity contribution in [1.82, 2.24) is 0 Å². The molecule has 4 nitrogen and oxygen atoms in total. The number of nitrogens with two attached hydrogens (primary N) is 1. The lowest BCUT2D eigenvalue weighted by atomic mass is 10.1. The highest BCUT2D eigenvalue weighted by atomic mass is 16.5. The maximum atomic E-state index is 9.24. The Morgan fingerprint density at radius 3 is 2.50 bits per heavy atom. The van der Waals surface area contributed by atoms with Crippen LogP contribution >= 0.6 is 0 Å². The number of aliphatic hydroxyl groups is 1. The second-order valence-electron chi connectivity index (χ2n) is 4.44. The van der Waals surface area contributed by atoms with Crippen LogP contribution in [0.1, 0.15) is 17.2 Å². The van der Waals surface area contributed by atoms with Crippen molar-refractivity contribution >= 4 is 0 Å². The average molecular weight is 273 g/mol. The fraction of sp³-hybridized carbons (Fsp3) is 0.250. The molecular weight excluding hydrogens is 254 g/mol. The fourth-order valence-corrected chi connectivity index (χ4v) is 1.97. The van der Waals surface area contributed by atoms with E-state index >= 15 is 0 Å². The average Bonchev–Trinajstić information content (AvgIpc) is 2.52. The van der Waals surface area contributed by atoms with Crippen molar-refractivity contribution in [2.24, 2.45) is 5.73 Å². The standard InChI is InChI=1S/C16H19NO3/c1-19-15-9-5-8-13(14(17)10-18)16(15)20-11-12-6-3-2-4-7-12/h2-9,14,18H,10-11,17H2,1H3/t14-/m0/s1. The van der Waals surface area contributed by atoms with E-state index in [1.807, 2.05) is 48.5 Å². The van der Waals surface area contributed by atoms with Crippen LogP contribution in [-0.4, -0.2) is 18.8 Å². The molecule has 1 atom stereocenters. The number of methoxy groups -OCH3 is 1. The summed E-state index contributed by atoms with van der Waals surface area (Å²) in [6.07, 6.45) is 0. The monoisotopic (exact) mass is 273 g/mol. The summed E-state index contributed by atoms with van der Waals surface area (Å²) < 4.78 is 11.2. The summed E-state index contributed by atoms with van der Waals surface area (Å²) >= 11 is 0. The topological polar surface area (TPSA) is 64.7 Å². The van der Waals surface area contributed by atoms with Crippen LogP contribution in [0, 0.1) is 0 Å². The van der Waals surface area contributed by atoms with Crippen LogP contribution in [0.5, 0.6) is 11.5 Å². The summed E-state index contributed by atoms with van der Waals surface area (Å²) in [6, 6.07) is 14.8. The molecule has 0 aliphatic carbocycles. The van der Waals surface area contributed by atoms with Gasteiger partial charge in [-0.15, -0.1) is 0 Å². The zero-order valence-corrected chi connectivity index (χ0v) is 11.5. The molecule has 2 aromatic carbocycles. The van der Waals surface area contributed by atoms with Gasteiger partial charge in [-0.25, -0.2) is 0 Å². The predicted molar refractivity (Wildman–Crippen MR) is 77.8 cm³/mol. The van der Waals surface area contributed by atoms with Crippen molar-refractivity contribution in [2.75, 3.05) is 13.7 Å². The number of hydrogen-bond donors (Lipinski definition) is 2. The van der Waals surface area contributed by atoms with Crippen LogP contribution in [0.15, 0.2) is 48.5 Å². The summed E-state index contributed by atoms with van der Waals surface area (Å²) in [5.74, 6) is 1.20. The molecule has 0 bridgehead atoms. The van der Waals surface area contributed by atoms with Gasteiger partial charge in [0.25, 0.3) is 0 Å². The second-order valence-corrected chi connectivity index (χ2v) is 4.44. The van der Waals surface area contributed by atoms with Crippen LogP contribution in [0.25, 0.3) is 0 Å². The van der Waals surface area contributed by atoms with Gasteiger partial charge in [-0.3, -0.25) is 0 Å². The first-order valence-electron chi connectivity index (χ1n) is 6.46. The van der Waals surface area contributed by atoms with Crippen molar-refractivity contribution in [3.8, 4) is 11.5 Å². The number of aliphatic hydroxyl groups excluding tert-OH is 1. The number of rotatable bonds is 6. The van der Waals surface area contributed by atoms with Gasteiger partial charge in [-0.2, -0.15) is 0 Å². The number of hydrogen-bond acceptors (Lipinski definition) is 4. The van der Waals surface area contributed by atoms with Gasteiger partial charge in [0.05, 0.1) is 19.8 Å². The summed E-state index contributed by atoms with van der Waals surface area (Å²) in [7, 11) is 1.58. The SMILES string of the molecule is COc1cccc([C@@H](N)CO)c1OCc1ccccc1. The van der Waals surface area contributed by atoms with Crippen LogP contribution in [-0.2, 0) is 6.61 Å². The first kappa shape index (κ1) is 14.4. The predicted octanol–water partition coefficient (Wildman–Crippen LogP) is 2.27. The summed E-state index contributed by atoms with van der Waals surface area (Å²) in [5.41, 5.74) is 7.70. The van der Waals surface area contributed by atoms with Crippen molar-refractivity contribution in [3.63, 3.8) is 0 Å². The molecule has 0 saturated heterocycles. The highest BCUT2D eigenvalue weighted by Gasteiger charge is 2.16. The Labute approximate surface area is 118 Å². The normalized spacial score (nSPS) is 11.9. The highest BCUT2D eigenvalue weighted by molar-refractivity contribution is 5.48. The van der Waals surface area contributed by atoms with E-state index in [2.05, 4.69) is 0 Å². The van der Waals surface area contributed by atoms with Crippen molar-refractivity contribution in [3.05, 3.63) is 59.7 Å². The van der Waals surface area contributed by atoms with E-state index < -0.39 is 6.04 Å². The van der Waals surface area contributed by atoms with Gasteiger partial charge in [0.2, 0.25) is 0 Å². The minimum atomic E-state index is -0.490. The molecule has 0 aliphatic heterocycles. The zero-order chi connectivity index (χ0) is 14.4. The van der Waals surface area contributed by atoms with Crippen LogP contribution < -0.4 is 15.2 Å². The first-order chi connectivity index (χ1) is 9.76.